The summed E-state index contributed by atoms with van der Waals surface area (Å²) < 4.78 is 0. The molecule has 1 N–H and O–H groups in total. The molecule has 0 aliphatic carbocycles. The highest BCUT2D eigenvalue weighted by Gasteiger charge is 2.18. The van der Waals surface area contributed by atoms with Gasteiger partial charge < -0.3 is 5.32 Å². The summed E-state index contributed by atoms with van der Waals surface area (Å²) in [5.41, 5.74) is 3.28. The Balaban J connectivity index is 1.82. The topological polar surface area (TPSA) is 15.3 Å². The Kier molecular flexibility index (Phi) is 4.64. The van der Waals surface area contributed by atoms with E-state index in [4.69, 9.17) is 0 Å². The number of fused-ring (bicyclic) bond motifs is 1. The van der Waals surface area contributed by atoms with Gasteiger partial charge in [-0.25, -0.2) is 0 Å². The molecule has 0 amide bonds. The highest BCUT2D eigenvalue weighted by atomic mass is 15.1. The van der Waals surface area contributed by atoms with E-state index in [0.29, 0.717) is 5.92 Å². The minimum Gasteiger partial charge on any atom is -0.312 e. The molecule has 1 aromatic carbocycles. The molecule has 2 nitrogen and oxygen atoms in total. The molecule has 0 saturated heterocycles. The van der Waals surface area contributed by atoms with Gasteiger partial charge in [-0.05, 0) is 50.8 Å². The van der Waals surface area contributed by atoms with E-state index in [1.807, 2.05) is 0 Å². The lowest BCUT2D eigenvalue weighted by Crippen LogP contribution is -2.42. The lowest BCUT2D eigenvalue weighted by Gasteiger charge is -2.32. The number of nitrogens with zero attached hydrogens (tertiary/aromatic N) is 1. The number of benzene rings is 1. The molecule has 0 saturated carbocycles. The predicted octanol–water partition coefficient (Wildman–Crippen LogP) is 3.07. The lowest BCUT2D eigenvalue weighted by atomic mass is 9.98. The van der Waals surface area contributed by atoms with E-state index in [1.165, 1.54) is 25.1 Å². The van der Waals surface area contributed by atoms with Crippen LogP contribution < -0.4 is 5.32 Å². The van der Waals surface area contributed by atoms with Gasteiger partial charge >= 0.3 is 0 Å². The molecular formula is C17H28N2. The molecule has 0 spiro atoms. The van der Waals surface area contributed by atoms with Crippen LogP contribution in [0.1, 0.15) is 38.8 Å². The summed E-state index contributed by atoms with van der Waals surface area (Å²) in [6.45, 7) is 13.7. The third-order valence-corrected chi connectivity index (χ3v) is 3.76. The van der Waals surface area contributed by atoms with Gasteiger partial charge in [-0.1, -0.05) is 31.2 Å². The van der Waals surface area contributed by atoms with Crippen molar-refractivity contribution in [1.29, 1.82) is 0 Å². The van der Waals surface area contributed by atoms with Crippen LogP contribution in [0.5, 0.6) is 0 Å². The Morgan fingerprint density at radius 2 is 1.89 bits per heavy atom. The first-order valence-corrected chi connectivity index (χ1v) is 7.48. The molecule has 0 bridgehead atoms. The Morgan fingerprint density at radius 3 is 2.58 bits per heavy atom. The third kappa shape index (κ3) is 4.63. The summed E-state index contributed by atoms with van der Waals surface area (Å²) in [7, 11) is 0. The van der Waals surface area contributed by atoms with Crippen molar-refractivity contribution in [3.8, 4) is 0 Å². The average molecular weight is 260 g/mol. The van der Waals surface area contributed by atoms with Crippen LogP contribution in [0.15, 0.2) is 24.3 Å². The molecule has 19 heavy (non-hydrogen) atoms. The lowest BCUT2D eigenvalue weighted by molar-refractivity contribution is 0.211. The van der Waals surface area contributed by atoms with Crippen molar-refractivity contribution in [1.82, 2.24) is 10.2 Å². The smallest absolute Gasteiger partial charge is 0.0236 e. The molecule has 1 unspecified atom stereocenters. The van der Waals surface area contributed by atoms with E-state index in [0.717, 1.165) is 13.1 Å². The fourth-order valence-electron chi connectivity index (χ4n) is 2.70. The van der Waals surface area contributed by atoms with Crippen molar-refractivity contribution < 1.29 is 0 Å². The van der Waals surface area contributed by atoms with Crippen molar-refractivity contribution in [3.63, 3.8) is 0 Å². The maximum Gasteiger partial charge on any atom is 0.0236 e. The van der Waals surface area contributed by atoms with Crippen molar-refractivity contribution >= 4 is 0 Å². The molecule has 1 aromatic rings. The molecule has 1 aliphatic rings. The first kappa shape index (κ1) is 14.5. The van der Waals surface area contributed by atoms with Crippen LogP contribution in [-0.2, 0) is 13.0 Å². The van der Waals surface area contributed by atoms with Crippen molar-refractivity contribution in [3.05, 3.63) is 35.4 Å². The molecule has 0 radical (unpaired) electrons. The first-order chi connectivity index (χ1) is 8.94. The summed E-state index contributed by atoms with van der Waals surface area (Å²) in [5.74, 6) is 0.699. The highest BCUT2D eigenvalue weighted by Crippen LogP contribution is 2.19. The third-order valence-electron chi connectivity index (χ3n) is 3.76. The van der Waals surface area contributed by atoms with E-state index in [1.54, 1.807) is 5.56 Å². The number of hydrogen-bond donors (Lipinski definition) is 1. The fraction of sp³-hybridized carbons (Fsp3) is 0.647. The van der Waals surface area contributed by atoms with Gasteiger partial charge in [0.25, 0.3) is 0 Å². The standard InChI is InChI=1S/C17H28N2/c1-14(11-18-17(2,3)4)12-19-10-9-15-7-5-6-8-16(15)13-19/h5-8,14,18H,9-13H2,1-4H3. The number of nitrogens with one attached hydrogen (secondary N) is 1. The Morgan fingerprint density at radius 1 is 1.21 bits per heavy atom. The monoisotopic (exact) mass is 260 g/mol. The summed E-state index contributed by atoms with van der Waals surface area (Å²) in [4.78, 5) is 2.59. The van der Waals surface area contributed by atoms with E-state index in [9.17, 15) is 0 Å². The average Bonchev–Trinajstić information content (AvgIpc) is 2.35. The molecule has 0 aromatic heterocycles. The number of rotatable bonds is 4. The van der Waals surface area contributed by atoms with E-state index < -0.39 is 0 Å². The van der Waals surface area contributed by atoms with Gasteiger partial charge in [-0.3, -0.25) is 4.90 Å². The van der Waals surface area contributed by atoms with Gasteiger partial charge in [0.15, 0.2) is 0 Å². The summed E-state index contributed by atoms with van der Waals surface area (Å²) in [5, 5.41) is 3.60. The van der Waals surface area contributed by atoms with Gasteiger partial charge in [0.05, 0.1) is 0 Å². The van der Waals surface area contributed by atoms with Gasteiger partial charge in [0.2, 0.25) is 0 Å². The van der Waals surface area contributed by atoms with Crippen LogP contribution in [0.3, 0.4) is 0 Å². The summed E-state index contributed by atoms with van der Waals surface area (Å²) >= 11 is 0. The quantitative estimate of drug-likeness (QED) is 0.895. The fourth-order valence-corrected chi connectivity index (χ4v) is 2.70. The minimum atomic E-state index is 0.225. The zero-order valence-electron chi connectivity index (χ0n) is 12.9. The van der Waals surface area contributed by atoms with Crippen LogP contribution in [-0.4, -0.2) is 30.1 Å². The van der Waals surface area contributed by atoms with Crippen molar-refractivity contribution in [2.24, 2.45) is 5.92 Å². The second kappa shape index (κ2) is 6.06. The molecule has 1 aliphatic heterocycles. The van der Waals surface area contributed by atoms with Crippen LogP contribution in [0.2, 0.25) is 0 Å². The zero-order chi connectivity index (χ0) is 13.9. The van der Waals surface area contributed by atoms with Crippen molar-refractivity contribution in [2.75, 3.05) is 19.6 Å². The van der Waals surface area contributed by atoms with E-state index >= 15 is 0 Å². The second-order valence-electron chi connectivity index (χ2n) is 6.99. The Bertz CT molecular complexity index is 406. The van der Waals surface area contributed by atoms with Gasteiger partial charge in [-0.15, -0.1) is 0 Å². The maximum atomic E-state index is 3.60. The molecule has 0 fully saturated rings. The van der Waals surface area contributed by atoms with Gasteiger partial charge in [0, 0.05) is 25.2 Å². The predicted molar refractivity (Wildman–Crippen MR) is 82.3 cm³/mol. The summed E-state index contributed by atoms with van der Waals surface area (Å²) in [6, 6.07) is 8.87. The minimum absolute atomic E-state index is 0.225. The Labute approximate surface area is 118 Å². The molecule has 2 rings (SSSR count). The highest BCUT2D eigenvalue weighted by molar-refractivity contribution is 5.29. The van der Waals surface area contributed by atoms with E-state index in [2.05, 4.69) is 62.2 Å². The summed E-state index contributed by atoms with van der Waals surface area (Å²) in [6.07, 6.45) is 1.20. The second-order valence-corrected chi connectivity index (χ2v) is 6.99. The largest absolute Gasteiger partial charge is 0.312 e. The van der Waals surface area contributed by atoms with Crippen LogP contribution >= 0.6 is 0 Å². The van der Waals surface area contributed by atoms with Crippen LogP contribution in [0, 0.1) is 5.92 Å². The molecule has 1 heterocycles. The number of hydrogen-bond acceptors (Lipinski definition) is 2. The van der Waals surface area contributed by atoms with Crippen LogP contribution in [0.4, 0.5) is 0 Å². The molecular weight excluding hydrogens is 232 g/mol. The zero-order valence-corrected chi connectivity index (χ0v) is 12.9. The van der Waals surface area contributed by atoms with E-state index in [-0.39, 0.29) is 5.54 Å². The molecule has 2 heteroatoms. The SMILES string of the molecule is CC(CNC(C)(C)C)CN1CCc2ccccc2C1. The molecule has 1 atom stereocenters. The maximum absolute atomic E-state index is 3.60. The van der Waals surface area contributed by atoms with Crippen LogP contribution in [0.25, 0.3) is 0 Å². The Hall–Kier alpha value is -0.860. The van der Waals surface area contributed by atoms with Crippen molar-refractivity contribution in [2.45, 2.75) is 46.2 Å². The molecule has 106 valence electrons. The first-order valence-electron chi connectivity index (χ1n) is 7.48. The van der Waals surface area contributed by atoms with Gasteiger partial charge in [-0.2, -0.15) is 0 Å². The van der Waals surface area contributed by atoms with Gasteiger partial charge in [0.1, 0.15) is 0 Å². The normalized spacial score (nSPS) is 18.1.